The van der Waals surface area contributed by atoms with E-state index in [9.17, 15) is 25.9 Å². The van der Waals surface area contributed by atoms with Crippen molar-refractivity contribution in [3.05, 3.63) is 47.5 Å². The number of nitrogens with zero attached hydrogens (tertiary/aromatic N) is 8. The lowest BCUT2D eigenvalue weighted by atomic mass is 10.1. The molecule has 0 amide bonds. The van der Waals surface area contributed by atoms with Crippen LogP contribution >= 0.6 is 0 Å². The molecule has 232 valence electrons. The van der Waals surface area contributed by atoms with Crippen molar-refractivity contribution in [1.82, 2.24) is 29.9 Å². The number of nitrogen functional groups attached to an aromatic ring is 2. The summed E-state index contributed by atoms with van der Waals surface area (Å²) in [4.78, 5) is 26.4. The van der Waals surface area contributed by atoms with Crippen molar-refractivity contribution in [2.24, 2.45) is 0 Å². The molecule has 0 saturated heterocycles. The predicted octanol–water partition coefficient (Wildman–Crippen LogP) is 1.50. The van der Waals surface area contributed by atoms with Crippen LogP contribution in [0.15, 0.2) is 46.2 Å². The van der Waals surface area contributed by atoms with Crippen LogP contribution in [0, 0.1) is 0 Å². The fraction of sp³-hybridized carbons (Fsp3) is 0.167. The average Bonchev–Trinajstić information content (AvgIpc) is 2.91. The molecule has 0 unspecified atom stereocenters. The Labute approximate surface area is 252 Å². The fourth-order valence-electron chi connectivity index (χ4n) is 3.66. The van der Waals surface area contributed by atoms with Gasteiger partial charge in [-0.2, -0.15) is 46.7 Å². The van der Waals surface area contributed by atoms with Crippen LogP contribution in [0.4, 0.5) is 47.1 Å². The van der Waals surface area contributed by atoms with Gasteiger partial charge in [0.1, 0.15) is 9.79 Å². The molecule has 4 rings (SSSR count). The van der Waals surface area contributed by atoms with Crippen LogP contribution in [-0.2, 0) is 20.2 Å². The minimum Gasteiger partial charge on any atom is -0.368 e. The summed E-state index contributed by atoms with van der Waals surface area (Å²) in [5, 5.41) is 5.62. The standard InChI is InChI=1S/C24H28N12O6S2/c1-35(2)23-31-19(25)29-21(33-23)27-15-9-7-13(17(11-15)43(37,38)39)5-6-14-8-10-16(12-18(14)44(40,41)42)28-22-30-20(26)32-24(34-22)36(3)4/h5-12H,1-4H3,(H,37,38,39)(H,40,41,42)(H3,25,27,29,31,33)(H3,26,28,30,32,34). The third kappa shape index (κ3) is 7.80. The number of rotatable bonds is 10. The zero-order valence-electron chi connectivity index (χ0n) is 23.7. The van der Waals surface area contributed by atoms with Gasteiger partial charge in [-0.15, -0.1) is 0 Å². The molecule has 4 aromatic rings. The van der Waals surface area contributed by atoms with E-state index in [0.717, 1.165) is 12.1 Å². The molecular formula is C24H28N12O6S2. The SMILES string of the molecule is CN(C)c1nc(N)nc(Nc2ccc(C=Cc3ccc(Nc4nc(N)nc(N(C)C)n4)cc3S(=O)(=O)O)c(S(=O)(=O)O)c2)n1. The molecule has 18 nitrogen and oxygen atoms in total. The maximum Gasteiger partial charge on any atom is 0.295 e. The highest BCUT2D eigenvalue weighted by atomic mass is 32.2. The Hall–Kier alpha value is -5.18. The van der Waals surface area contributed by atoms with Gasteiger partial charge in [0.15, 0.2) is 0 Å². The molecule has 0 aliphatic heterocycles. The molecule has 20 heteroatoms. The van der Waals surface area contributed by atoms with Crippen LogP contribution in [-0.4, -0.2) is 84.0 Å². The quantitative estimate of drug-likeness (QED) is 0.105. The number of aromatic nitrogens is 6. The Kier molecular flexibility index (Phi) is 8.81. The maximum atomic E-state index is 12.3. The molecule has 2 heterocycles. The van der Waals surface area contributed by atoms with E-state index >= 15 is 0 Å². The van der Waals surface area contributed by atoms with Crippen LogP contribution in [0.3, 0.4) is 0 Å². The molecule has 8 N–H and O–H groups in total. The third-order valence-electron chi connectivity index (χ3n) is 5.62. The summed E-state index contributed by atoms with van der Waals surface area (Å²) in [5.41, 5.74) is 11.8. The highest BCUT2D eigenvalue weighted by Gasteiger charge is 2.19. The molecule has 0 aliphatic rings. The van der Waals surface area contributed by atoms with Gasteiger partial charge in [0.05, 0.1) is 0 Å². The second-order valence-corrected chi connectivity index (χ2v) is 12.2. The van der Waals surface area contributed by atoms with E-state index in [0.29, 0.717) is 0 Å². The normalized spacial score (nSPS) is 11.9. The number of benzene rings is 2. The van der Waals surface area contributed by atoms with Crippen LogP contribution < -0.4 is 31.9 Å². The predicted molar refractivity (Wildman–Crippen MR) is 165 cm³/mol. The first kappa shape index (κ1) is 31.7. The van der Waals surface area contributed by atoms with Gasteiger partial charge in [-0.05, 0) is 35.4 Å². The molecule has 0 spiro atoms. The first-order chi connectivity index (χ1) is 20.5. The van der Waals surface area contributed by atoms with Crippen molar-refractivity contribution in [2.45, 2.75) is 9.79 Å². The molecule has 0 atom stereocenters. The number of nitrogens with two attached hydrogens (primary N) is 2. The zero-order chi connectivity index (χ0) is 32.4. The number of hydrogen-bond acceptors (Lipinski definition) is 16. The van der Waals surface area contributed by atoms with E-state index in [-0.39, 0.29) is 58.2 Å². The van der Waals surface area contributed by atoms with Gasteiger partial charge in [-0.3, -0.25) is 9.11 Å². The maximum absolute atomic E-state index is 12.3. The van der Waals surface area contributed by atoms with E-state index in [1.54, 1.807) is 38.0 Å². The number of anilines is 8. The van der Waals surface area contributed by atoms with Gasteiger partial charge in [0.2, 0.25) is 35.7 Å². The molecule has 0 aliphatic carbocycles. The molecule has 0 saturated carbocycles. The minimum atomic E-state index is -4.76. The lowest BCUT2D eigenvalue weighted by Crippen LogP contribution is -2.15. The van der Waals surface area contributed by atoms with E-state index in [1.807, 2.05) is 0 Å². The molecule has 0 bridgehead atoms. The smallest absolute Gasteiger partial charge is 0.295 e. The molecule has 2 aromatic heterocycles. The number of hydrogen-bond donors (Lipinski definition) is 6. The molecule has 44 heavy (non-hydrogen) atoms. The summed E-state index contributed by atoms with van der Waals surface area (Å²) in [6.07, 6.45) is 2.51. The molecule has 0 radical (unpaired) electrons. The highest BCUT2D eigenvalue weighted by molar-refractivity contribution is 7.86. The van der Waals surface area contributed by atoms with Crippen LogP contribution in [0.1, 0.15) is 11.1 Å². The second-order valence-electron chi connectivity index (χ2n) is 9.46. The van der Waals surface area contributed by atoms with E-state index < -0.39 is 30.0 Å². The Morgan fingerprint density at radius 1 is 0.636 bits per heavy atom. The van der Waals surface area contributed by atoms with Gasteiger partial charge in [-0.1, -0.05) is 24.3 Å². The van der Waals surface area contributed by atoms with E-state index in [4.69, 9.17) is 11.5 Å². The average molecular weight is 645 g/mol. The summed E-state index contributed by atoms with van der Waals surface area (Å²) in [6, 6.07) is 7.92. The van der Waals surface area contributed by atoms with Gasteiger partial charge in [0.25, 0.3) is 20.2 Å². The van der Waals surface area contributed by atoms with Crippen molar-refractivity contribution in [1.29, 1.82) is 0 Å². The van der Waals surface area contributed by atoms with E-state index in [2.05, 4.69) is 40.5 Å². The van der Waals surface area contributed by atoms with Gasteiger partial charge >= 0.3 is 0 Å². The Bertz CT molecular complexity index is 1830. The monoisotopic (exact) mass is 644 g/mol. The van der Waals surface area contributed by atoms with Crippen LogP contribution in [0.5, 0.6) is 0 Å². The van der Waals surface area contributed by atoms with Crippen molar-refractivity contribution >= 4 is 79.5 Å². The minimum absolute atomic E-state index is 0.00237. The first-order valence-corrected chi connectivity index (χ1v) is 15.2. The molecular weight excluding hydrogens is 616 g/mol. The second kappa shape index (κ2) is 12.2. The Morgan fingerprint density at radius 3 is 1.32 bits per heavy atom. The van der Waals surface area contributed by atoms with Crippen LogP contribution in [0.25, 0.3) is 12.2 Å². The Balaban J connectivity index is 1.68. The summed E-state index contributed by atoms with van der Waals surface area (Å²) >= 11 is 0. The van der Waals surface area contributed by atoms with Gasteiger partial charge < -0.3 is 31.9 Å². The third-order valence-corrected chi connectivity index (χ3v) is 7.44. The molecule has 0 fully saturated rings. The summed E-state index contributed by atoms with van der Waals surface area (Å²) in [6.45, 7) is 0. The van der Waals surface area contributed by atoms with Crippen molar-refractivity contribution in [3.63, 3.8) is 0 Å². The van der Waals surface area contributed by atoms with E-state index in [1.165, 1.54) is 36.4 Å². The Morgan fingerprint density at radius 2 is 1.00 bits per heavy atom. The fourth-order valence-corrected chi connectivity index (χ4v) is 5.08. The zero-order valence-corrected chi connectivity index (χ0v) is 25.3. The molecule has 2 aromatic carbocycles. The van der Waals surface area contributed by atoms with Crippen LogP contribution in [0.2, 0.25) is 0 Å². The lowest BCUT2D eigenvalue weighted by molar-refractivity contribution is 0.480. The topological polar surface area (TPSA) is 269 Å². The van der Waals surface area contributed by atoms with Crippen molar-refractivity contribution in [3.8, 4) is 0 Å². The highest BCUT2D eigenvalue weighted by Crippen LogP contribution is 2.28. The largest absolute Gasteiger partial charge is 0.368 e. The van der Waals surface area contributed by atoms with Crippen molar-refractivity contribution in [2.75, 3.05) is 60.1 Å². The summed E-state index contributed by atoms with van der Waals surface area (Å²) in [5.74, 6) is 0.396. The van der Waals surface area contributed by atoms with Crippen molar-refractivity contribution < 1.29 is 25.9 Å². The first-order valence-electron chi connectivity index (χ1n) is 12.3. The van der Waals surface area contributed by atoms with Gasteiger partial charge in [0, 0.05) is 39.6 Å². The summed E-state index contributed by atoms with van der Waals surface area (Å²) < 4.78 is 68.9. The lowest BCUT2D eigenvalue weighted by Gasteiger charge is -2.13. The van der Waals surface area contributed by atoms with Gasteiger partial charge in [-0.25, -0.2) is 0 Å². The number of nitrogens with one attached hydrogen (secondary N) is 2. The summed E-state index contributed by atoms with van der Waals surface area (Å²) in [7, 11) is -2.75.